The van der Waals surface area contributed by atoms with Gasteiger partial charge in [0.15, 0.2) is 11.4 Å². The minimum absolute atomic E-state index is 0.899. The van der Waals surface area contributed by atoms with E-state index in [1.54, 1.807) is 30.4 Å². The molecule has 0 aromatic carbocycles. The van der Waals surface area contributed by atoms with Crippen LogP contribution >= 0.6 is 0 Å². The third-order valence-corrected chi connectivity index (χ3v) is 5.53. The van der Waals surface area contributed by atoms with Crippen LogP contribution in [-0.4, -0.2) is 4.57 Å². The third-order valence-electron chi connectivity index (χ3n) is 5.53. The van der Waals surface area contributed by atoms with Gasteiger partial charge in [0.2, 0.25) is 0 Å². The summed E-state index contributed by atoms with van der Waals surface area (Å²) in [6.07, 6.45) is 39.5. The molecule has 0 saturated heterocycles. The molecule has 0 aliphatic carbocycles. The summed E-state index contributed by atoms with van der Waals surface area (Å²) in [5.74, 6) is 1.81. The summed E-state index contributed by atoms with van der Waals surface area (Å²) in [5, 5.41) is 0. The molecule has 1 aromatic heterocycles. The highest BCUT2D eigenvalue weighted by Crippen LogP contribution is 2.27. The molecule has 0 N–H and O–H groups in total. The monoisotopic (exact) mass is 531 g/mol. The van der Waals surface area contributed by atoms with Gasteiger partial charge in [0.25, 0.3) is 0 Å². The molecular formula is C37H45N3+2. The average Bonchev–Trinajstić information content (AvgIpc) is 3.28. The summed E-state index contributed by atoms with van der Waals surface area (Å²) in [4.78, 5) is 0. The molecule has 206 valence electrons. The summed E-state index contributed by atoms with van der Waals surface area (Å²) >= 11 is 0. The fourth-order valence-corrected chi connectivity index (χ4v) is 4.16. The number of aromatic nitrogens is 3. The molecule has 1 aromatic rings. The number of hydrogen-bond acceptors (Lipinski definition) is 0. The summed E-state index contributed by atoms with van der Waals surface area (Å²) in [6, 6.07) is 0. The molecule has 0 aliphatic rings. The molecule has 0 radical (unpaired) electrons. The Balaban J connectivity index is 5.10. The highest BCUT2D eigenvalue weighted by molar-refractivity contribution is 5.79. The summed E-state index contributed by atoms with van der Waals surface area (Å²) in [5.41, 5.74) is 4.69. The van der Waals surface area contributed by atoms with Crippen molar-refractivity contribution in [3.8, 4) is 0 Å². The molecule has 0 atom stereocenters. The van der Waals surface area contributed by atoms with Crippen molar-refractivity contribution in [3.05, 3.63) is 166 Å². The van der Waals surface area contributed by atoms with E-state index in [1.807, 2.05) is 89.3 Å². The largest absolute Gasteiger partial charge is 0.339 e. The smallest absolute Gasteiger partial charge is 0.150 e. The number of rotatable bonds is 15. The van der Waals surface area contributed by atoms with Crippen LogP contribution in [0.2, 0.25) is 0 Å². The molecule has 0 saturated carbocycles. The van der Waals surface area contributed by atoms with Crippen LogP contribution in [0.4, 0.5) is 0 Å². The van der Waals surface area contributed by atoms with Gasteiger partial charge in [0.1, 0.15) is 5.70 Å². The first-order valence-electron chi connectivity index (χ1n) is 13.4. The van der Waals surface area contributed by atoms with Gasteiger partial charge in [-0.1, -0.05) is 106 Å². The maximum Gasteiger partial charge on any atom is 0.339 e. The van der Waals surface area contributed by atoms with Crippen molar-refractivity contribution in [2.24, 2.45) is 0 Å². The fourth-order valence-electron chi connectivity index (χ4n) is 4.16. The van der Waals surface area contributed by atoms with Gasteiger partial charge in [-0.2, -0.15) is 4.57 Å². The van der Waals surface area contributed by atoms with Gasteiger partial charge < -0.3 is 0 Å². The molecule has 0 unspecified atom stereocenters. The topological polar surface area (TPSA) is 12.7 Å². The summed E-state index contributed by atoms with van der Waals surface area (Å²) in [6.45, 7) is 30.1. The Bertz CT molecular complexity index is 1310. The molecule has 0 spiro atoms. The fraction of sp³-hybridized carbons (Fsp3) is 0.135. The molecule has 0 aliphatic heterocycles. The van der Waals surface area contributed by atoms with Gasteiger partial charge in [0.05, 0.1) is 11.1 Å². The molecule has 1 heterocycles. The predicted molar refractivity (Wildman–Crippen MR) is 179 cm³/mol. The van der Waals surface area contributed by atoms with E-state index in [4.69, 9.17) is 0 Å². The van der Waals surface area contributed by atoms with Gasteiger partial charge in [0, 0.05) is 0 Å². The third kappa shape index (κ3) is 8.12. The Hall–Kier alpha value is -4.76. The Kier molecular flexibility index (Phi) is 15.4. The second-order valence-electron chi connectivity index (χ2n) is 8.28. The molecule has 0 bridgehead atoms. The van der Waals surface area contributed by atoms with E-state index in [2.05, 4.69) is 83.3 Å². The van der Waals surface area contributed by atoms with Gasteiger partial charge in [-0.3, -0.25) is 0 Å². The summed E-state index contributed by atoms with van der Waals surface area (Å²) < 4.78 is 6.62. The van der Waals surface area contributed by atoms with E-state index in [0.717, 1.165) is 39.9 Å². The number of allylic oxidation sites excluding steroid dienone is 25. The maximum atomic E-state index is 4.02. The molecule has 0 amide bonds. The lowest BCUT2D eigenvalue weighted by atomic mass is 10.1. The van der Waals surface area contributed by atoms with Crippen LogP contribution in [0.1, 0.15) is 46.3 Å². The van der Waals surface area contributed by atoms with Crippen molar-refractivity contribution in [3.63, 3.8) is 0 Å². The van der Waals surface area contributed by atoms with E-state index < -0.39 is 0 Å². The normalized spacial score (nSPS) is 14.4. The lowest BCUT2D eigenvalue weighted by Crippen LogP contribution is -2.65. The number of nitrogens with zero attached hydrogens (tertiary/aromatic N) is 3. The van der Waals surface area contributed by atoms with Gasteiger partial charge in [-0.15, -0.1) is 0 Å². The zero-order valence-electron chi connectivity index (χ0n) is 24.9. The van der Waals surface area contributed by atoms with E-state index >= 15 is 0 Å². The van der Waals surface area contributed by atoms with Crippen LogP contribution in [0, 0.1) is 0 Å². The van der Waals surface area contributed by atoms with E-state index in [-0.39, 0.29) is 0 Å². The minimum Gasteiger partial charge on any atom is -0.150 e. The van der Waals surface area contributed by atoms with Crippen molar-refractivity contribution in [2.75, 3.05) is 0 Å². The second-order valence-corrected chi connectivity index (χ2v) is 8.28. The lowest BCUT2D eigenvalue weighted by molar-refractivity contribution is -1.16. The van der Waals surface area contributed by atoms with Gasteiger partial charge in [-0.05, 0) is 92.6 Å². The van der Waals surface area contributed by atoms with Crippen LogP contribution < -0.4 is 9.36 Å². The first kappa shape index (κ1) is 33.3. The maximum absolute atomic E-state index is 4.02. The van der Waals surface area contributed by atoms with Crippen molar-refractivity contribution >= 4 is 28.2 Å². The van der Waals surface area contributed by atoms with E-state index in [0.29, 0.717) is 0 Å². The number of hydrogen-bond donors (Lipinski definition) is 0. The Morgan fingerprint density at radius 2 is 1.00 bits per heavy atom. The Morgan fingerprint density at radius 1 is 0.525 bits per heavy atom. The predicted octanol–water partition coefficient (Wildman–Crippen LogP) is 9.16. The molecule has 3 heteroatoms. The first-order valence-corrected chi connectivity index (χ1v) is 13.4. The molecule has 0 fully saturated rings. The standard InChI is InChI=1S/C37H45N3/c1-11-21-30-31(20-10)36-38(33(24-14-4)25-15-5)37(32(22-12-2)23-13-3)40(35(28-18-8)29-19-9)39(36)34(26-16-6)27-17-7/h11-30H,1-2,4,6,8H2,3,5,7,9-10H3/q+2/b23-13-,25-15-,27-17-,29-19-,30-21-,31-20+,32-22+,33-24+,34-26+,35-28+. The molecule has 40 heavy (non-hydrogen) atoms. The SMILES string of the molecule is C=C/C=C\C(=C/C)c1n(C(/C=C\C)=C/C=C)c(C(/C=C\C)=C/C=C)[n+](C(/C=C\C)=C/C=C)[n+]1C(/C=C\C)=C/C=C. The van der Waals surface area contributed by atoms with Crippen molar-refractivity contribution < 1.29 is 9.36 Å². The minimum atomic E-state index is 0.899. The highest BCUT2D eigenvalue weighted by Gasteiger charge is 2.40. The molecule has 3 nitrogen and oxygen atoms in total. The quantitative estimate of drug-likeness (QED) is 0.158. The van der Waals surface area contributed by atoms with Crippen LogP contribution in [0.15, 0.2) is 154 Å². The van der Waals surface area contributed by atoms with Crippen LogP contribution in [-0.2, 0) is 0 Å². The Labute approximate surface area is 242 Å². The first-order chi connectivity index (χ1) is 19.5. The molecule has 1 rings (SSSR count). The van der Waals surface area contributed by atoms with Crippen molar-refractivity contribution in [1.82, 2.24) is 4.57 Å². The van der Waals surface area contributed by atoms with Gasteiger partial charge >= 0.3 is 11.6 Å². The summed E-state index contributed by atoms with van der Waals surface area (Å²) in [7, 11) is 0. The van der Waals surface area contributed by atoms with Crippen molar-refractivity contribution in [2.45, 2.75) is 34.6 Å². The second kappa shape index (κ2) is 18.5. The Morgan fingerprint density at radius 3 is 1.40 bits per heavy atom. The highest BCUT2D eigenvalue weighted by atomic mass is 15.5. The zero-order chi connectivity index (χ0) is 29.9. The van der Waals surface area contributed by atoms with Crippen LogP contribution in [0.3, 0.4) is 0 Å². The van der Waals surface area contributed by atoms with Gasteiger partial charge in [-0.25, -0.2) is 0 Å². The average molecular weight is 532 g/mol. The lowest BCUT2D eigenvalue weighted by Gasteiger charge is -2.05. The van der Waals surface area contributed by atoms with Crippen LogP contribution in [0.5, 0.6) is 0 Å². The zero-order valence-corrected chi connectivity index (χ0v) is 24.9. The van der Waals surface area contributed by atoms with Crippen molar-refractivity contribution in [1.29, 1.82) is 0 Å². The van der Waals surface area contributed by atoms with Crippen LogP contribution in [0.25, 0.3) is 28.2 Å². The van der Waals surface area contributed by atoms with E-state index in [1.165, 1.54) is 0 Å². The molecular weight excluding hydrogens is 486 g/mol. The van der Waals surface area contributed by atoms with E-state index in [9.17, 15) is 0 Å².